The summed E-state index contributed by atoms with van der Waals surface area (Å²) in [5, 5.41) is 9.37. The van der Waals surface area contributed by atoms with E-state index in [1.54, 1.807) is 0 Å². The highest BCUT2D eigenvalue weighted by Crippen LogP contribution is 2.31. The molecule has 127 valence electrons. The van der Waals surface area contributed by atoms with E-state index in [1.807, 2.05) is 24.3 Å². The zero-order chi connectivity index (χ0) is 17.8. The summed E-state index contributed by atoms with van der Waals surface area (Å²) in [4.78, 5) is 21.1. The maximum Gasteiger partial charge on any atom is 0.226 e. The summed E-state index contributed by atoms with van der Waals surface area (Å²) in [5.41, 5.74) is 7.65. The van der Waals surface area contributed by atoms with Gasteiger partial charge in [0.1, 0.15) is 11.6 Å². The van der Waals surface area contributed by atoms with E-state index < -0.39 is 5.91 Å². The molecule has 0 aliphatic carbocycles. The van der Waals surface area contributed by atoms with E-state index in [0.717, 1.165) is 31.5 Å². The van der Waals surface area contributed by atoms with Crippen molar-refractivity contribution in [2.45, 2.75) is 18.8 Å². The number of nitriles is 1. The zero-order valence-electron chi connectivity index (χ0n) is 13.5. The van der Waals surface area contributed by atoms with Crippen molar-refractivity contribution >= 4 is 23.3 Å². The zero-order valence-corrected chi connectivity index (χ0v) is 14.3. The van der Waals surface area contributed by atoms with E-state index in [9.17, 15) is 10.1 Å². The molecule has 0 atom stereocenters. The van der Waals surface area contributed by atoms with Crippen molar-refractivity contribution in [1.82, 2.24) is 9.97 Å². The molecule has 0 unspecified atom stereocenters. The minimum absolute atomic E-state index is 0.150. The fourth-order valence-corrected chi connectivity index (χ4v) is 3.25. The van der Waals surface area contributed by atoms with Crippen molar-refractivity contribution in [2.24, 2.45) is 5.73 Å². The lowest BCUT2D eigenvalue weighted by Crippen LogP contribution is -2.34. The van der Waals surface area contributed by atoms with Crippen LogP contribution < -0.4 is 10.6 Å². The third-order valence-electron chi connectivity index (χ3n) is 4.37. The van der Waals surface area contributed by atoms with Crippen LogP contribution in [0.1, 0.15) is 35.4 Å². The molecule has 2 N–H and O–H groups in total. The van der Waals surface area contributed by atoms with Gasteiger partial charge in [-0.25, -0.2) is 4.98 Å². The van der Waals surface area contributed by atoms with E-state index in [2.05, 4.69) is 20.9 Å². The van der Waals surface area contributed by atoms with Crippen LogP contribution in [-0.4, -0.2) is 29.0 Å². The number of rotatable bonds is 4. The van der Waals surface area contributed by atoms with Crippen LogP contribution in [0, 0.1) is 17.8 Å². The summed E-state index contributed by atoms with van der Waals surface area (Å²) >= 11 is 5.87. The number of primary amides is 1. The second-order valence-electron chi connectivity index (χ2n) is 5.96. The van der Waals surface area contributed by atoms with Gasteiger partial charge < -0.3 is 10.6 Å². The normalized spacial score (nSPS) is 15.0. The first-order valence-corrected chi connectivity index (χ1v) is 8.36. The number of benzene rings is 1. The molecule has 6 nitrogen and oxygen atoms in total. The molecule has 1 fully saturated rings. The first kappa shape index (κ1) is 17.2. The number of carbonyl (C=O) groups excluding carboxylic acids is 1. The quantitative estimate of drug-likeness (QED) is 0.850. The monoisotopic (exact) mass is 354 g/mol. The topological polar surface area (TPSA) is 95.9 Å². The average Bonchev–Trinajstić information content (AvgIpc) is 2.62. The number of anilines is 1. The van der Waals surface area contributed by atoms with Gasteiger partial charge in [0.2, 0.25) is 11.2 Å². The molecule has 1 aromatic carbocycles. The van der Waals surface area contributed by atoms with Crippen LogP contribution in [0.4, 0.5) is 5.82 Å². The van der Waals surface area contributed by atoms with E-state index in [1.165, 1.54) is 18.2 Å². The van der Waals surface area contributed by atoms with E-state index in [-0.39, 0.29) is 5.28 Å². The second kappa shape index (κ2) is 7.49. The van der Waals surface area contributed by atoms with Crippen molar-refractivity contribution < 1.29 is 4.79 Å². The first-order chi connectivity index (χ1) is 12.1. The fourth-order valence-electron chi connectivity index (χ4n) is 3.13. The van der Waals surface area contributed by atoms with Gasteiger partial charge in [-0.15, -0.1) is 0 Å². The highest BCUT2D eigenvalue weighted by atomic mass is 35.5. The van der Waals surface area contributed by atoms with Gasteiger partial charge in [0.15, 0.2) is 5.82 Å². The number of nitrogens with two attached hydrogens (primary N) is 1. The molecule has 1 radical (unpaired) electrons. The molecule has 2 aromatic rings. The molecule has 25 heavy (non-hydrogen) atoms. The Balaban J connectivity index is 1.67. The highest BCUT2D eigenvalue weighted by molar-refractivity contribution is 6.28. The number of halogens is 1. The number of hydrogen-bond donors (Lipinski definition) is 1. The van der Waals surface area contributed by atoms with E-state index in [0.29, 0.717) is 17.3 Å². The lowest BCUT2D eigenvalue weighted by atomic mass is 9.88. The molecule has 1 saturated heterocycles. The van der Waals surface area contributed by atoms with Gasteiger partial charge >= 0.3 is 0 Å². The average molecular weight is 355 g/mol. The minimum Gasteiger partial charge on any atom is -0.369 e. The lowest BCUT2D eigenvalue weighted by Gasteiger charge is -2.33. The molecule has 1 aliphatic rings. The Kier molecular flexibility index (Phi) is 5.15. The van der Waals surface area contributed by atoms with Gasteiger partial charge in [0.05, 0.1) is 12.6 Å². The van der Waals surface area contributed by atoms with E-state index >= 15 is 0 Å². The molecule has 3 rings (SSSR count). The van der Waals surface area contributed by atoms with Crippen LogP contribution in [0.3, 0.4) is 0 Å². The smallest absolute Gasteiger partial charge is 0.226 e. The van der Waals surface area contributed by atoms with Crippen molar-refractivity contribution in [1.29, 1.82) is 5.26 Å². The van der Waals surface area contributed by atoms with Crippen LogP contribution in [0.15, 0.2) is 30.5 Å². The molecule has 0 spiro atoms. The summed E-state index contributed by atoms with van der Waals surface area (Å²) in [5.74, 6) is 0.590. The SMILES string of the molecule is N#Cc1cnc(Cl)nc1N1CCC(c2ccc([CH]C(N)=O)cc2)CC1. The molecular formula is C18H17ClN5O. The molecule has 0 saturated carbocycles. The highest BCUT2D eigenvalue weighted by Gasteiger charge is 2.23. The van der Waals surface area contributed by atoms with Gasteiger partial charge in [-0.05, 0) is 41.5 Å². The maximum atomic E-state index is 10.9. The second-order valence-corrected chi connectivity index (χ2v) is 6.30. The third-order valence-corrected chi connectivity index (χ3v) is 4.55. The summed E-state index contributed by atoms with van der Waals surface area (Å²) in [6.45, 7) is 1.59. The minimum atomic E-state index is -0.446. The standard InChI is InChI=1S/C18H17ClN5O/c19-18-22-11-15(10-20)17(23-18)24-7-5-14(6-8-24)13-3-1-12(2-4-13)9-16(21)25/h1-4,9,11,14H,5-8H2,(H2,21,25). The Morgan fingerprint density at radius 1 is 1.32 bits per heavy atom. The van der Waals surface area contributed by atoms with Crippen LogP contribution in [0.2, 0.25) is 5.28 Å². The third kappa shape index (κ3) is 4.06. The number of nitrogens with zero attached hydrogens (tertiary/aromatic N) is 4. The summed E-state index contributed by atoms with van der Waals surface area (Å²) in [6, 6.07) is 10.0. The lowest BCUT2D eigenvalue weighted by molar-refractivity contribution is -0.114. The van der Waals surface area contributed by atoms with Gasteiger partial charge in [-0.3, -0.25) is 4.79 Å². The van der Waals surface area contributed by atoms with E-state index in [4.69, 9.17) is 17.3 Å². The Morgan fingerprint density at radius 3 is 2.60 bits per heavy atom. The molecular weight excluding hydrogens is 338 g/mol. The largest absolute Gasteiger partial charge is 0.369 e. The van der Waals surface area contributed by atoms with Crippen LogP contribution >= 0.6 is 11.6 Å². The maximum absolute atomic E-state index is 10.9. The van der Waals surface area contributed by atoms with Gasteiger partial charge in [0.25, 0.3) is 0 Å². The van der Waals surface area contributed by atoms with Gasteiger partial charge in [-0.2, -0.15) is 10.2 Å². The summed E-state index contributed by atoms with van der Waals surface area (Å²) in [6.07, 6.45) is 4.77. The van der Waals surface area contributed by atoms with Crippen molar-refractivity contribution in [3.8, 4) is 6.07 Å². The number of hydrogen-bond acceptors (Lipinski definition) is 5. The number of amides is 1. The number of piperidine rings is 1. The first-order valence-electron chi connectivity index (χ1n) is 7.98. The Hall–Kier alpha value is -2.65. The predicted molar refractivity (Wildman–Crippen MR) is 95.0 cm³/mol. The molecule has 0 bridgehead atoms. The van der Waals surface area contributed by atoms with Crippen LogP contribution in [0.5, 0.6) is 0 Å². The van der Waals surface area contributed by atoms with Gasteiger partial charge in [0, 0.05) is 13.1 Å². The molecule has 1 amide bonds. The van der Waals surface area contributed by atoms with Crippen molar-refractivity contribution in [3.63, 3.8) is 0 Å². The predicted octanol–water partition coefficient (Wildman–Crippen LogP) is 2.42. The number of aromatic nitrogens is 2. The van der Waals surface area contributed by atoms with Crippen molar-refractivity contribution in [2.75, 3.05) is 18.0 Å². The number of carbonyl (C=O) groups is 1. The fraction of sp³-hybridized carbons (Fsp3) is 0.278. The van der Waals surface area contributed by atoms with Crippen LogP contribution in [0.25, 0.3) is 0 Å². The van der Waals surface area contributed by atoms with Gasteiger partial charge in [-0.1, -0.05) is 24.3 Å². The Labute approximate surface area is 151 Å². The Bertz CT molecular complexity index is 807. The van der Waals surface area contributed by atoms with Crippen molar-refractivity contribution in [3.05, 3.63) is 58.9 Å². The summed E-state index contributed by atoms with van der Waals surface area (Å²) < 4.78 is 0. The molecule has 1 aliphatic heterocycles. The molecule has 1 aromatic heterocycles. The van der Waals surface area contributed by atoms with Crippen LogP contribution in [-0.2, 0) is 4.79 Å². The summed E-state index contributed by atoms with van der Waals surface area (Å²) in [7, 11) is 0. The molecule has 7 heteroatoms. The molecule has 2 heterocycles. The Morgan fingerprint density at radius 2 is 2.00 bits per heavy atom.